The Morgan fingerprint density at radius 2 is 1.78 bits per heavy atom. The Bertz CT molecular complexity index is 564. The standard InChI is InChI=1S/C15H17F3N2O3/c16-15(17,18)9-23-13-7-19(8-13)12-3-1-10(2-4-12)11-5-20(6-11)14(21)22/h1-4,11,13H,5-9H2,(H,21,22). The van der Waals surface area contributed by atoms with E-state index in [1.165, 1.54) is 4.90 Å². The molecule has 23 heavy (non-hydrogen) atoms. The number of nitrogens with zero attached hydrogens (tertiary/aromatic N) is 2. The molecule has 0 aromatic heterocycles. The Morgan fingerprint density at radius 3 is 2.30 bits per heavy atom. The predicted molar refractivity (Wildman–Crippen MR) is 76.8 cm³/mol. The molecule has 1 aromatic carbocycles. The molecule has 0 atom stereocenters. The fraction of sp³-hybridized carbons (Fsp3) is 0.533. The summed E-state index contributed by atoms with van der Waals surface area (Å²) in [5.74, 6) is 0.222. The van der Waals surface area contributed by atoms with Crippen molar-refractivity contribution < 1.29 is 27.8 Å². The van der Waals surface area contributed by atoms with E-state index in [1.54, 1.807) is 0 Å². The number of alkyl halides is 3. The van der Waals surface area contributed by atoms with Crippen LogP contribution in [0, 0.1) is 0 Å². The van der Waals surface area contributed by atoms with Crippen molar-refractivity contribution in [3.8, 4) is 0 Å². The number of halogens is 3. The highest BCUT2D eigenvalue weighted by molar-refractivity contribution is 5.66. The molecule has 0 radical (unpaired) electrons. The van der Waals surface area contributed by atoms with Gasteiger partial charge in [-0.15, -0.1) is 0 Å². The van der Waals surface area contributed by atoms with Crippen LogP contribution in [0.25, 0.3) is 0 Å². The van der Waals surface area contributed by atoms with Crippen molar-refractivity contribution in [2.24, 2.45) is 0 Å². The number of carbonyl (C=O) groups is 1. The molecule has 1 N–H and O–H groups in total. The van der Waals surface area contributed by atoms with Crippen LogP contribution in [-0.2, 0) is 4.74 Å². The van der Waals surface area contributed by atoms with Crippen LogP contribution in [0.2, 0.25) is 0 Å². The lowest BCUT2D eigenvalue weighted by Gasteiger charge is -2.41. The van der Waals surface area contributed by atoms with E-state index >= 15 is 0 Å². The maximum Gasteiger partial charge on any atom is 0.411 e. The van der Waals surface area contributed by atoms with Gasteiger partial charge in [-0.3, -0.25) is 0 Å². The number of benzene rings is 1. The molecule has 2 aliphatic rings. The number of amides is 1. The van der Waals surface area contributed by atoms with Crippen molar-refractivity contribution in [3.05, 3.63) is 29.8 Å². The predicted octanol–water partition coefficient (Wildman–Crippen LogP) is 2.53. The Balaban J connectivity index is 1.45. The van der Waals surface area contributed by atoms with E-state index in [2.05, 4.69) is 0 Å². The van der Waals surface area contributed by atoms with Crippen molar-refractivity contribution in [2.45, 2.75) is 18.2 Å². The first-order valence-electron chi connectivity index (χ1n) is 7.33. The first-order chi connectivity index (χ1) is 10.8. The highest BCUT2D eigenvalue weighted by Gasteiger charge is 2.34. The minimum absolute atomic E-state index is 0.222. The normalized spacial score (nSPS) is 19.4. The Hall–Kier alpha value is -1.96. The second kappa shape index (κ2) is 5.92. The second-order valence-corrected chi connectivity index (χ2v) is 5.93. The second-order valence-electron chi connectivity index (χ2n) is 5.93. The summed E-state index contributed by atoms with van der Waals surface area (Å²) < 4.78 is 41.0. The SMILES string of the molecule is O=C(O)N1CC(c2ccc(N3CC(OCC(F)(F)F)C3)cc2)C1. The molecule has 0 unspecified atom stereocenters. The van der Waals surface area contributed by atoms with Gasteiger partial charge < -0.3 is 19.6 Å². The Morgan fingerprint density at radius 1 is 1.17 bits per heavy atom. The average Bonchev–Trinajstić information content (AvgIpc) is 2.35. The van der Waals surface area contributed by atoms with E-state index in [1.807, 2.05) is 29.2 Å². The van der Waals surface area contributed by atoms with Gasteiger partial charge in [0.1, 0.15) is 6.61 Å². The van der Waals surface area contributed by atoms with Crippen molar-refractivity contribution in [1.29, 1.82) is 0 Å². The van der Waals surface area contributed by atoms with Crippen molar-refractivity contribution in [3.63, 3.8) is 0 Å². The molecule has 1 aromatic rings. The molecule has 8 heteroatoms. The van der Waals surface area contributed by atoms with Gasteiger partial charge in [-0.1, -0.05) is 12.1 Å². The first-order valence-corrected chi connectivity index (χ1v) is 7.33. The fourth-order valence-corrected chi connectivity index (χ4v) is 2.77. The number of hydrogen-bond donors (Lipinski definition) is 1. The molecule has 2 aliphatic heterocycles. The van der Waals surface area contributed by atoms with E-state index in [4.69, 9.17) is 9.84 Å². The molecule has 0 bridgehead atoms. The van der Waals surface area contributed by atoms with Crippen LogP contribution < -0.4 is 4.90 Å². The molecule has 5 nitrogen and oxygen atoms in total. The van der Waals surface area contributed by atoms with Crippen molar-refractivity contribution >= 4 is 11.8 Å². The highest BCUT2D eigenvalue weighted by Crippen LogP contribution is 2.30. The van der Waals surface area contributed by atoms with Crippen LogP contribution in [0.5, 0.6) is 0 Å². The van der Waals surface area contributed by atoms with E-state index in [0.29, 0.717) is 26.2 Å². The maximum absolute atomic E-state index is 12.1. The lowest BCUT2D eigenvalue weighted by molar-refractivity contribution is -0.187. The Labute approximate surface area is 131 Å². The van der Waals surface area contributed by atoms with Crippen molar-refractivity contribution in [1.82, 2.24) is 4.90 Å². The highest BCUT2D eigenvalue weighted by atomic mass is 19.4. The first kappa shape index (κ1) is 15.9. The molecule has 2 fully saturated rings. The van der Waals surface area contributed by atoms with Gasteiger partial charge in [0.15, 0.2) is 0 Å². The van der Waals surface area contributed by atoms with Gasteiger partial charge in [-0.2, -0.15) is 13.2 Å². The quantitative estimate of drug-likeness (QED) is 0.922. The lowest BCUT2D eigenvalue weighted by atomic mass is 9.91. The summed E-state index contributed by atoms with van der Waals surface area (Å²) in [5.41, 5.74) is 2.02. The van der Waals surface area contributed by atoms with Gasteiger partial charge in [0.25, 0.3) is 0 Å². The van der Waals surface area contributed by atoms with Gasteiger partial charge in [0.2, 0.25) is 0 Å². The third kappa shape index (κ3) is 3.69. The number of anilines is 1. The number of ether oxygens (including phenoxy) is 1. The Kier molecular flexibility index (Phi) is 4.09. The number of likely N-dealkylation sites (tertiary alicyclic amines) is 1. The molecule has 2 saturated heterocycles. The van der Waals surface area contributed by atoms with E-state index < -0.39 is 18.9 Å². The molecule has 0 aliphatic carbocycles. The monoisotopic (exact) mass is 330 g/mol. The van der Waals surface area contributed by atoms with Crippen LogP contribution in [0.1, 0.15) is 11.5 Å². The largest absolute Gasteiger partial charge is 0.465 e. The van der Waals surface area contributed by atoms with Gasteiger partial charge >= 0.3 is 12.3 Å². The number of hydrogen-bond acceptors (Lipinski definition) is 3. The van der Waals surface area contributed by atoms with Gasteiger partial charge in [-0.05, 0) is 17.7 Å². The zero-order chi connectivity index (χ0) is 16.6. The summed E-state index contributed by atoms with van der Waals surface area (Å²) in [6.07, 6.45) is -5.57. The van der Waals surface area contributed by atoms with Crippen LogP contribution in [-0.4, -0.2) is 61.2 Å². The summed E-state index contributed by atoms with van der Waals surface area (Å²) in [6.45, 7) is 0.709. The minimum Gasteiger partial charge on any atom is -0.465 e. The average molecular weight is 330 g/mol. The summed E-state index contributed by atoms with van der Waals surface area (Å²) in [7, 11) is 0. The smallest absolute Gasteiger partial charge is 0.411 e. The maximum atomic E-state index is 12.1. The number of rotatable bonds is 4. The van der Waals surface area contributed by atoms with Gasteiger partial charge in [0.05, 0.1) is 6.10 Å². The molecule has 2 heterocycles. The molecule has 3 rings (SSSR count). The summed E-state index contributed by atoms with van der Waals surface area (Å²) >= 11 is 0. The topological polar surface area (TPSA) is 53.0 Å². The third-order valence-electron chi connectivity index (χ3n) is 4.21. The molecule has 126 valence electrons. The van der Waals surface area contributed by atoms with Crippen LogP contribution >= 0.6 is 0 Å². The molecular formula is C15H17F3N2O3. The zero-order valence-corrected chi connectivity index (χ0v) is 12.3. The van der Waals surface area contributed by atoms with Gasteiger partial charge in [0, 0.05) is 37.8 Å². The molecule has 0 saturated carbocycles. The van der Waals surface area contributed by atoms with E-state index in [9.17, 15) is 18.0 Å². The molecule has 1 amide bonds. The van der Waals surface area contributed by atoms with E-state index in [-0.39, 0.29) is 12.0 Å². The summed E-state index contributed by atoms with van der Waals surface area (Å²) in [6, 6.07) is 7.73. The third-order valence-corrected chi connectivity index (χ3v) is 4.21. The van der Waals surface area contributed by atoms with Crippen molar-refractivity contribution in [2.75, 3.05) is 37.7 Å². The van der Waals surface area contributed by atoms with Crippen LogP contribution in [0.15, 0.2) is 24.3 Å². The van der Waals surface area contributed by atoms with Gasteiger partial charge in [-0.25, -0.2) is 4.79 Å². The molecular weight excluding hydrogens is 313 g/mol. The van der Waals surface area contributed by atoms with Crippen LogP contribution in [0.4, 0.5) is 23.7 Å². The molecule has 0 spiro atoms. The minimum atomic E-state index is -4.28. The summed E-state index contributed by atoms with van der Waals surface area (Å²) in [5, 5.41) is 8.81. The van der Waals surface area contributed by atoms with Crippen LogP contribution in [0.3, 0.4) is 0 Å². The lowest BCUT2D eigenvalue weighted by Crippen LogP contribution is -2.53. The zero-order valence-electron chi connectivity index (χ0n) is 12.3. The number of carboxylic acid groups (broad SMARTS) is 1. The van der Waals surface area contributed by atoms with E-state index in [0.717, 1.165) is 11.3 Å². The summed E-state index contributed by atoms with van der Waals surface area (Å²) in [4.78, 5) is 14.0. The fourth-order valence-electron chi connectivity index (χ4n) is 2.77.